The van der Waals surface area contributed by atoms with Gasteiger partial charge in [0, 0.05) is 10.7 Å². The normalized spacial score (nSPS) is 9.85. The number of nitrogens with two attached hydrogens (primary N) is 1. The van der Waals surface area contributed by atoms with Crippen LogP contribution in [0.15, 0.2) is 34.9 Å². The van der Waals surface area contributed by atoms with Gasteiger partial charge >= 0.3 is 0 Å². The second-order valence-corrected chi connectivity index (χ2v) is 4.76. The van der Waals surface area contributed by atoms with Gasteiger partial charge in [0.2, 0.25) is 0 Å². The summed E-state index contributed by atoms with van der Waals surface area (Å²) in [5, 5.41) is 11.0. The molecule has 5 nitrogen and oxygen atoms in total. The third-order valence-corrected chi connectivity index (χ3v) is 2.91. The van der Waals surface area contributed by atoms with E-state index in [2.05, 4.69) is 26.2 Å². The molecule has 0 spiro atoms. The molecule has 1 aromatic carbocycles. The molecule has 2 aromatic rings. The van der Waals surface area contributed by atoms with E-state index in [1.807, 2.05) is 6.07 Å². The summed E-state index contributed by atoms with van der Waals surface area (Å²) in [5.41, 5.74) is 5.86. The molecule has 0 aliphatic rings. The van der Waals surface area contributed by atoms with Gasteiger partial charge in [0.25, 0.3) is 5.91 Å². The van der Waals surface area contributed by atoms with Crippen molar-refractivity contribution in [3.63, 3.8) is 0 Å². The van der Waals surface area contributed by atoms with Gasteiger partial charge in [-0.2, -0.15) is 5.26 Å². The lowest BCUT2D eigenvalue weighted by Crippen LogP contribution is -2.15. The molecule has 0 aliphatic carbocycles. The van der Waals surface area contributed by atoms with Crippen molar-refractivity contribution in [3.8, 4) is 6.07 Å². The number of halogens is 2. The van der Waals surface area contributed by atoms with Crippen LogP contribution in [-0.4, -0.2) is 10.9 Å². The summed E-state index contributed by atoms with van der Waals surface area (Å²) >= 11 is 3.18. The van der Waals surface area contributed by atoms with Crippen molar-refractivity contribution in [2.45, 2.75) is 0 Å². The molecular formula is C13H8BrFN4O. The summed E-state index contributed by atoms with van der Waals surface area (Å²) < 4.78 is 14.3. The van der Waals surface area contributed by atoms with E-state index in [9.17, 15) is 9.18 Å². The molecule has 0 aliphatic heterocycles. The highest BCUT2D eigenvalue weighted by atomic mass is 79.9. The fourth-order valence-corrected chi connectivity index (χ4v) is 1.84. The topological polar surface area (TPSA) is 91.8 Å². The molecule has 2 rings (SSSR count). The Morgan fingerprint density at radius 1 is 1.45 bits per heavy atom. The van der Waals surface area contributed by atoms with Crippen molar-refractivity contribution >= 4 is 33.3 Å². The van der Waals surface area contributed by atoms with Crippen LogP contribution in [0.5, 0.6) is 0 Å². The van der Waals surface area contributed by atoms with Crippen molar-refractivity contribution in [3.05, 3.63) is 51.9 Å². The average molecular weight is 335 g/mol. The smallest absolute Gasteiger partial charge is 0.259 e. The van der Waals surface area contributed by atoms with Crippen LogP contribution in [0.4, 0.5) is 15.9 Å². The SMILES string of the molecule is N#Cc1ccc(NC(=O)c2cc(Br)cnc2N)c(F)c1. The average Bonchev–Trinajstić information content (AvgIpc) is 2.43. The third-order valence-electron chi connectivity index (χ3n) is 2.48. The van der Waals surface area contributed by atoms with Crippen LogP contribution in [0.2, 0.25) is 0 Å². The number of nitrogens with zero attached hydrogens (tertiary/aromatic N) is 2. The number of nitriles is 1. The maximum absolute atomic E-state index is 13.7. The largest absolute Gasteiger partial charge is 0.383 e. The van der Waals surface area contributed by atoms with Crippen LogP contribution in [0, 0.1) is 17.1 Å². The molecule has 0 unspecified atom stereocenters. The first kappa shape index (κ1) is 14.0. The number of pyridine rings is 1. The van der Waals surface area contributed by atoms with Gasteiger partial charge in [0.1, 0.15) is 11.6 Å². The van der Waals surface area contributed by atoms with Gasteiger partial charge in [-0.05, 0) is 40.2 Å². The van der Waals surface area contributed by atoms with E-state index in [-0.39, 0.29) is 22.6 Å². The second kappa shape index (κ2) is 5.67. The molecule has 100 valence electrons. The molecule has 0 saturated heterocycles. The van der Waals surface area contributed by atoms with Crippen molar-refractivity contribution in [2.75, 3.05) is 11.1 Å². The number of nitrogen functional groups attached to an aromatic ring is 1. The van der Waals surface area contributed by atoms with E-state index in [4.69, 9.17) is 11.0 Å². The van der Waals surface area contributed by atoms with Crippen LogP contribution in [0.3, 0.4) is 0 Å². The zero-order chi connectivity index (χ0) is 14.7. The summed E-state index contributed by atoms with van der Waals surface area (Å²) in [7, 11) is 0. The monoisotopic (exact) mass is 334 g/mol. The zero-order valence-electron chi connectivity index (χ0n) is 10.0. The van der Waals surface area contributed by atoms with Crippen molar-refractivity contribution in [1.82, 2.24) is 4.98 Å². The predicted molar refractivity (Wildman–Crippen MR) is 75.4 cm³/mol. The maximum atomic E-state index is 13.7. The Morgan fingerprint density at radius 2 is 2.20 bits per heavy atom. The number of hydrogen-bond donors (Lipinski definition) is 2. The lowest BCUT2D eigenvalue weighted by atomic mass is 10.2. The minimum Gasteiger partial charge on any atom is -0.383 e. The van der Waals surface area contributed by atoms with Gasteiger partial charge in [-0.25, -0.2) is 9.37 Å². The Balaban J connectivity index is 2.28. The molecule has 1 heterocycles. The minimum atomic E-state index is -0.695. The molecule has 7 heteroatoms. The fourth-order valence-electron chi connectivity index (χ4n) is 1.51. The molecule has 1 amide bonds. The van der Waals surface area contributed by atoms with Gasteiger partial charge < -0.3 is 11.1 Å². The Morgan fingerprint density at radius 3 is 2.85 bits per heavy atom. The van der Waals surface area contributed by atoms with E-state index in [1.165, 1.54) is 24.4 Å². The lowest BCUT2D eigenvalue weighted by molar-refractivity contribution is 0.102. The first-order valence-corrected chi connectivity index (χ1v) is 6.22. The first-order chi connectivity index (χ1) is 9.51. The van der Waals surface area contributed by atoms with Gasteiger partial charge in [-0.1, -0.05) is 0 Å². The van der Waals surface area contributed by atoms with E-state index < -0.39 is 11.7 Å². The molecule has 0 saturated carbocycles. The van der Waals surface area contributed by atoms with Gasteiger partial charge in [0.15, 0.2) is 0 Å². The van der Waals surface area contributed by atoms with Crippen LogP contribution < -0.4 is 11.1 Å². The quantitative estimate of drug-likeness (QED) is 0.883. The van der Waals surface area contributed by atoms with E-state index in [0.29, 0.717) is 4.47 Å². The third kappa shape index (κ3) is 2.92. The summed E-state index contributed by atoms with van der Waals surface area (Å²) in [6.45, 7) is 0. The standard InChI is InChI=1S/C13H8BrFN4O/c14-8-4-9(12(17)18-6-8)13(20)19-11-2-1-7(5-16)3-10(11)15/h1-4,6H,(H2,17,18)(H,19,20). The van der Waals surface area contributed by atoms with Crippen LogP contribution in [0.1, 0.15) is 15.9 Å². The fraction of sp³-hybridized carbons (Fsp3) is 0. The number of carbonyl (C=O) groups is 1. The molecular weight excluding hydrogens is 327 g/mol. The van der Waals surface area contributed by atoms with Gasteiger partial charge in [-0.3, -0.25) is 4.79 Å². The number of amides is 1. The van der Waals surface area contributed by atoms with Crippen molar-refractivity contribution < 1.29 is 9.18 Å². The number of anilines is 2. The Hall–Kier alpha value is -2.46. The minimum absolute atomic E-state index is 0.0339. The number of rotatable bonds is 2. The van der Waals surface area contributed by atoms with Crippen molar-refractivity contribution in [1.29, 1.82) is 5.26 Å². The van der Waals surface area contributed by atoms with Gasteiger partial charge in [0.05, 0.1) is 22.9 Å². The molecule has 0 bridgehead atoms. The predicted octanol–water partition coefficient (Wildman–Crippen LogP) is 2.69. The summed E-state index contributed by atoms with van der Waals surface area (Å²) in [6.07, 6.45) is 1.45. The van der Waals surface area contributed by atoms with Crippen LogP contribution in [-0.2, 0) is 0 Å². The molecule has 0 atom stereocenters. The Labute approximate surface area is 122 Å². The molecule has 0 radical (unpaired) electrons. The number of carbonyl (C=O) groups excluding carboxylic acids is 1. The lowest BCUT2D eigenvalue weighted by Gasteiger charge is -2.08. The maximum Gasteiger partial charge on any atom is 0.259 e. The molecule has 0 fully saturated rings. The number of benzene rings is 1. The summed E-state index contributed by atoms with van der Waals surface area (Å²) in [4.78, 5) is 15.8. The van der Waals surface area contributed by atoms with Crippen LogP contribution in [0.25, 0.3) is 0 Å². The van der Waals surface area contributed by atoms with E-state index in [1.54, 1.807) is 0 Å². The van der Waals surface area contributed by atoms with Crippen LogP contribution >= 0.6 is 15.9 Å². The summed E-state index contributed by atoms with van der Waals surface area (Å²) in [6, 6.07) is 7.05. The number of hydrogen-bond acceptors (Lipinski definition) is 4. The highest BCUT2D eigenvalue weighted by Gasteiger charge is 2.14. The number of aromatic nitrogens is 1. The van der Waals surface area contributed by atoms with Crippen molar-refractivity contribution in [2.24, 2.45) is 0 Å². The Kier molecular flexibility index (Phi) is 3.96. The Bertz CT molecular complexity index is 727. The highest BCUT2D eigenvalue weighted by molar-refractivity contribution is 9.10. The van der Waals surface area contributed by atoms with E-state index in [0.717, 1.165) is 6.07 Å². The first-order valence-electron chi connectivity index (χ1n) is 5.43. The van der Waals surface area contributed by atoms with Gasteiger partial charge in [-0.15, -0.1) is 0 Å². The molecule has 3 N–H and O–H groups in total. The molecule has 20 heavy (non-hydrogen) atoms. The highest BCUT2D eigenvalue weighted by Crippen LogP contribution is 2.20. The molecule has 1 aromatic heterocycles. The van der Waals surface area contributed by atoms with E-state index >= 15 is 0 Å². The summed E-state index contributed by atoms with van der Waals surface area (Å²) in [5.74, 6) is -1.24. The second-order valence-electron chi connectivity index (χ2n) is 3.85. The number of nitrogens with one attached hydrogen (secondary N) is 1. The zero-order valence-corrected chi connectivity index (χ0v) is 11.6.